The highest BCUT2D eigenvalue weighted by molar-refractivity contribution is 5.88. The molecule has 0 bridgehead atoms. The third-order valence-corrected chi connectivity index (χ3v) is 2.90. The van der Waals surface area contributed by atoms with Crippen LogP contribution in [-0.2, 0) is 4.79 Å². The van der Waals surface area contributed by atoms with Gasteiger partial charge in [0.25, 0.3) is 0 Å². The number of ketones is 1. The van der Waals surface area contributed by atoms with Gasteiger partial charge >= 0.3 is 0 Å². The third-order valence-electron chi connectivity index (χ3n) is 2.90. The number of nitrogens with zero attached hydrogens (tertiary/aromatic N) is 1. The molecule has 1 rings (SSSR count). The van der Waals surface area contributed by atoms with Crippen LogP contribution in [0.5, 0.6) is 0 Å². The average Bonchev–Trinajstić information content (AvgIpc) is 2.32. The second-order valence-corrected chi connectivity index (χ2v) is 4.30. The fraction of sp³-hybridized carbons (Fsp3) is 0.429. The zero-order chi connectivity index (χ0) is 12.8. The molecular formula is C14H16FNO. The second kappa shape index (κ2) is 6.15. The average molecular weight is 233 g/mol. The first-order chi connectivity index (χ1) is 8.08. The van der Waals surface area contributed by atoms with Gasteiger partial charge in [0.15, 0.2) is 5.78 Å². The lowest BCUT2D eigenvalue weighted by atomic mass is 9.90. The molecule has 0 aliphatic carbocycles. The molecular weight excluding hydrogens is 217 g/mol. The Hall–Kier alpha value is -1.69. The van der Waals surface area contributed by atoms with Gasteiger partial charge in [-0.25, -0.2) is 4.39 Å². The minimum Gasteiger partial charge on any atom is -0.298 e. The summed E-state index contributed by atoms with van der Waals surface area (Å²) in [5, 5.41) is 9.04. The zero-order valence-corrected chi connectivity index (χ0v) is 10.1. The van der Waals surface area contributed by atoms with Crippen LogP contribution in [0.2, 0.25) is 0 Å². The van der Waals surface area contributed by atoms with Gasteiger partial charge < -0.3 is 0 Å². The Bertz CT molecular complexity index is 419. The van der Waals surface area contributed by atoms with E-state index in [1.54, 1.807) is 0 Å². The van der Waals surface area contributed by atoms with E-state index in [4.69, 9.17) is 5.26 Å². The first-order valence-corrected chi connectivity index (χ1v) is 5.76. The highest BCUT2D eigenvalue weighted by atomic mass is 19.1. The SMILES string of the molecule is CCC(C)CC(=O)C(C#N)c1ccc(F)cc1. The summed E-state index contributed by atoms with van der Waals surface area (Å²) in [7, 11) is 0. The fourth-order valence-corrected chi connectivity index (χ4v) is 1.59. The number of halogens is 1. The summed E-state index contributed by atoms with van der Waals surface area (Å²) in [6.45, 7) is 3.99. The highest BCUT2D eigenvalue weighted by Gasteiger charge is 2.21. The number of nitriles is 1. The van der Waals surface area contributed by atoms with Crippen molar-refractivity contribution in [1.29, 1.82) is 5.26 Å². The van der Waals surface area contributed by atoms with E-state index < -0.39 is 5.92 Å². The number of carbonyl (C=O) groups excluding carboxylic acids is 1. The van der Waals surface area contributed by atoms with E-state index in [-0.39, 0.29) is 17.5 Å². The molecule has 1 aromatic rings. The Labute approximate surface area is 101 Å². The highest BCUT2D eigenvalue weighted by Crippen LogP contribution is 2.21. The molecule has 17 heavy (non-hydrogen) atoms. The molecule has 0 N–H and O–H groups in total. The molecule has 1 aromatic carbocycles. The van der Waals surface area contributed by atoms with E-state index in [0.29, 0.717) is 12.0 Å². The van der Waals surface area contributed by atoms with Crippen molar-refractivity contribution in [1.82, 2.24) is 0 Å². The summed E-state index contributed by atoms with van der Waals surface area (Å²) in [6.07, 6.45) is 1.30. The first-order valence-electron chi connectivity index (χ1n) is 5.76. The van der Waals surface area contributed by atoms with E-state index in [2.05, 4.69) is 0 Å². The van der Waals surface area contributed by atoms with Gasteiger partial charge in [0.2, 0.25) is 0 Å². The molecule has 0 heterocycles. The molecule has 2 unspecified atom stereocenters. The van der Waals surface area contributed by atoms with E-state index in [0.717, 1.165) is 6.42 Å². The molecule has 90 valence electrons. The molecule has 0 aromatic heterocycles. The van der Waals surface area contributed by atoms with Crippen LogP contribution in [0.3, 0.4) is 0 Å². The predicted octanol–water partition coefficient (Wildman–Crippen LogP) is 3.44. The molecule has 0 amide bonds. The maximum Gasteiger partial charge on any atom is 0.154 e. The van der Waals surface area contributed by atoms with Crippen molar-refractivity contribution >= 4 is 5.78 Å². The molecule has 2 nitrogen and oxygen atoms in total. The summed E-state index contributed by atoms with van der Waals surface area (Å²) < 4.78 is 12.8. The van der Waals surface area contributed by atoms with Crippen LogP contribution in [0, 0.1) is 23.1 Å². The molecule has 0 saturated heterocycles. The van der Waals surface area contributed by atoms with Crippen LogP contribution in [0.1, 0.15) is 38.2 Å². The molecule has 0 spiro atoms. The zero-order valence-electron chi connectivity index (χ0n) is 10.1. The Morgan fingerprint density at radius 2 is 2.00 bits per heavy atom. The summed E-state index contributed by atoms with van der Waals surface area (Å²) in [5.41, 5.74) is 0.571. The van der Waals surface area contributed by atoms with Gasteiger partial charge in [0.1, 0.15) is 11.7 Å². The Morgan fingerprint density at radius 1 is 1.41 bits per heavy atom. The quantitative estimate of drug-likeness (QED) is 0.781. The van der Waals surface area contributed by atoms with E-state index in [1.807, 2.05) is 19.9 Å². The molecule has 2 atom stereocenters. The smallest absolute Gasteiger partial charge is 0.154 e. The van der Waals surface area contributed by atoms with Crippen LogP contribution in [0.15, 0.2) is 24.3 Å². The van der Waals surface area contributed by atoms with Crippen molar-refractivity contribution in [3.63, 3.8) is 0 Å². The van der Waals surface area contributed by atoms with E-state index in [9.17, 15) is 9.18 Å². The van der Waals surface area contributed by atoms with Crippen LogP contribution >= 0.6 is 0 Å². The molecule has 0 fully saturated rings. The summed E-state index contributed by atoms with van der Waals surface area (Å²) in [6, 6.07) is 7.54. The third kappa shape index (κ3) is 3.67. The molecule has 3 heteroatoms. The van der Waals surface area contributed by atoms with Crippen LogP contribution in [0.4, 0.5) is 4.39 Å². The van der Waals surface area contributed by atoms with Crippen molar-refractivity contribution in [2.24, 2.45) is 5.92 Å². The topological polar surface area (TPSA) is 40.9 Å². The Balaban J connectivity index is 2.82. The van der Waals surface area contributed by atoms with Gasteiger partial charge in [-0.15, -0.1) is 0 Å². The van der Waals surface area contributed by atoms with Crippen molar-refractivity contribution in [2.75, 3.05) is 0 Å². The number of benzene rings is 1. The molecule has 0 saturated carbocycles. The fourth-order valence-electron chi connectivity index (χ4n) is 1.59. The maximum absolute atomic E-state index is 12.8. The van der Waals surface area contributed by atoms with E-state index >= 15 is 0 Å². The van der Waals surface area contributed by atoms with Gasteiger partial charge in [-0.1, -0.05) is 32.4 Å². The standard InChI is InChI=1S/C14H16FNO/c1-3-10(2)8-14(17)13(9-16)11-4-6-12(15)7-5-11/h4-7,10,13H,3,8H2,1-2H3. The van der Waals surface area contributed by atoms with Crippen LogP contribution in [0.25, 0.3) is 0 Å². The van der Waals surface area contributed by atoms with Crippen molar-refractivity contribution in [3.8, 4) is 6.07 Å². The maximum atomic E-state index is 12.8. The second-order valence-electron chi connectivity index (χ2n) is 4.30. The van der Waals surface area contributed by atoms with E-state index in [1.165, 1.54) is 24.3 Å². The monoisotopic (exact) mass is 233 g/mol. The molecule has 0 aliphatic rings. The Kier molecular flexibility index (Phi) is 4.84. The number of Topliss-reactive ketones (excluding diaryl/α,β-unsaturated/α-hetero) is 1. The predicted molar refractivity (Wildman–Crippen MR) is 63.8 cm³/mol. The van der Waals surface area contributed by atoms with Gasteiger partial charge in [0.05, 0.1) is 6.07 Å². The first kappa shape index (κ1) is 13.4. The largest absolute Gasteiger partial charge is 0.298 e. The van der Waals surface area contributed by atoms with Crippen LogP contribution in [-0.4, -0.2) is 5.78 Å². The van der Waals surface area contributed by atoms with Crippen molar-refractivity contribution in [3.05, 3.63) is 35.6 Å². The minimum atomic E-state index is -0.774. The molecule has 0 radical (unpaired) electrons. The lowest BCUT2D eigenvalue weighted by Gasteiger charge is -2.11. The van der Waals surface area contributed by atoms with Crippen molar-refractivity contribution in [2.45, 2.75) is 32.6 Å². The van der Waals surface area contributed by atoms with Gasteiger partial charge in [0, 0.05) is 6.42 Å². The minimum absolute atomic E-state index is 0.0894. The number of hydrogen-bond acceptors (Lipinski definition) is 2. The normalized spacial score (nSPS) is 13.8. The Morgan fingerprint density at radius 3 is 2.47 bits per heavy atom. The lowest BCUT2D eigenvalue weighted by molar-refractivity contribution is -0.120. The summed E-state index contributed by atoms with van der Waals surface area (Å²) >= 11 is 0. The lowest BCUT2D eigenvalue weighted by Crippen LogP contribution is -2.14. The number of rotatable bonds is 5. The summed E-state index contributed by atoms with van der Waals surface area (Å²) in [4.78, 5) is 11.9. The van der Waals surface area contributed by atoms with Crippen LogP contribution < -0.4 is 0 Å². The van der Waals surface area contributed by atoms with Gasteiger partial charge in [-0.2, -0.15) is 5.26 Å². The number of hydrogen-bond donors (Lipinski definition) is 0. The molecule has 0 aliphatic heterocycles. The number of carbonyl (C=O) groups is 1. The van der Waals surface area contributed by atoms with Crippen molar-refractivity contribution < 1.29 is 9.18 Å². The summed E-state index contributed by atoms with van der Waals surface area (Å²) in [5.74, 6) is -0.948. The van der Waals surface area contributed by atoms with Gasteiger partial charge in [-0.05, 0) is 23.6 Å². The van der Waals surface area contributed by atoms with Gasteiger partial charge in [-0.3, -0.25) is 4.79 Å².